The molecule has 1 heterocycles. The zero-order chi connectivity index (χ0) is 20.3. The van der Waals surface area contributed by atoms with Gasteiger partial charge in [-0.2, -0.15) is 10.4 Å². The summed E-state index contributed by atoms with van der Waals surface area (Å²) in [6.07, 6.45) is -0.294. The first-order valence-electron chi connectivity index (χ1n) is 8.19. The van der Waals surface area contributed by atoms with Gasteiger partial charge in [-0.1, -0.05) is 47.5 Å². The molecule has 0 spiro atoms. The summed E-state index contributed by atoms with van der Waals surface area (Å²) in [6.45, 7) is -0.148. The minimum absolute atomic E-state index is 0.118. The number of nitrogens with zero attached hydrogens (tertiary/aromatic N) is 3. The van der Waals surface area contributed by atoms with Crippen LogP contribution in [-0.2, 0) is 11.3 Å². The van der Waals surface area contributed by atoms with E-state index in [2.05, 4.69) is 5.10 Å². The van der Waals surface area contributed by atoms with Gasteiger partial charge in [0.1, 0.15) is 17.3 Å². The molecule has 2 aromatic carbocycles. The minimum Gasteiger partial charge on any atom is -0.481 e. The average Bonchev–Trinajstić information content (AvgIpc) is 2.68. The van der Waals surface area contributed by atoms with Gasteiger partial charge in [-0.05, 0) is 29.8 Å². The lowest BCUT2D eigenvalue weighted by Crippen LogP contribution is -2.28. The number of rotatable bonds is 5. The number of hydrogen-bond donors (Lipinski definition) is 1. The van der Waals surface area contributed by atoms with Crippen LogP contribution in [0.5, 0.6) is 0 Å². The first-order valence-corrected chi connectivity index (χ1v) is 8.95. The van der Waals surface area contributed by atoms with Crippen LogP contribution in [-0.4, -0.2) is 20.9 Å². The molecule has 1 aromatic heterocycles. The van der Waals surface area contributed by atoms with Gasteiger partial charge in [-0.25, -0.2) is 4.68 Å². The second kappa shape index (κ2) is 8.26. The van der Waals surface area contributed by atoms with Crippen molar-refractivity contribution in [2.45, 2.75) is 13.0 Å². The summed E-state index contributed by atoms with van der Waals surface area (Å²) in [5.41, 5.74) is 1.20. The van der Waals surface area contributed by atoms with Crippen LogP contribution >= 0.6 is 23.2 Å². The summed E-state index contributed by atoms with van der Waals surface area (Å²) in [5.74, 6) is -1.07. The maximum atomic E-state index is 12.7. The van der Waals surface area contributed by atoms with Gasteiger partial charge in [-0.15, -0.1) is 0 Å². The van der Waals surface area contributed by atoms with E-state index < -0.39 is 11.5 Å². The van der Waals surface area contributed by atoms with Crippen molar-refractivity contribution in [3.8, 4) is 28.5 Å². The molecule has 8 heteroatoms. The van der Waals surface area contributed by atoms with E-state index in [0.717, 1.165) is 4.68 Å². The van der Waals surface area contributed by atoms with Gasteiger partial charge < -0.3 is 5.11 Å². The highest BCUT2D eigenvalue weighted by molar-refractivity contribution is 6.31. The Kier molecular flexibility index (Phi) is 5.78. The van der Waals surface area contributed by atoms with E-state index in [4.69, 9.17) is 28.3 Å². The van der Waals surface area contributed by atoms with Crippen molar-refractivity contribution in [2.24, 2.45) is 0 Å². The molecule has 0 amide bonds. The van der Waals surface area contributed by atoms with E-state index in [1.54, 1.807) is 48.5 Å². The van der Waals surface area contributed by atoms with E-state index >= 15 is 0 Å². The molecule has 3 rings (SSSR count). The third-order valence-corrected chi connectivity index (χ3v) is 4.56. The fourth-order valence-corrected chi connectivity index (χ4v) is 2.99. The predicted molar refractivity (Wildman–Crippen MR) is 106 cm³/mol. The molecular formula is C20H13Cl2N3O3. The molecule has 3 aromatic rings. The summed E-state index contributed by atoms with van der Waals surface area (Å²) in [4.78, 5) is 23.7. The monoisotopic (exact) mass is 413 g/mol. The number of halogens is 2. The summed E-state index contributed by atoms with van der Waals surface area (Å²) >= 11 is 11.9. The molecule has 0 saturated heterocycles. The predicted octanol–water partition coefficient (Wildman–Crippen LogP) is 4.23. The Balaban J connectivity index is 2.32. The molecule has 0 aliphatic rings. The Morgan fingerprint density at radius 1 is 1.04 bits per heavy atom. The SMILES string of the molecule is N#Cc1c(-c2ccc(Cl)cc2)c(-c2ccc(Cl)cc2)nn(CCC(=O)O)c1=O. The van der Waals surface area contributed by atoms with Crippen molar-refractivity contribution in [1.29, 1.82) is 5.26 Å². The largest absolute Gasteiger partial charge is 0.481 e. The zero-order valence-electron chi connectivity index (χ0n) is 14.4. The molecule has 0 aliphatic carbocycles. The number of aryl methyl sites for hydroxylation is 1. The number of aromatic nitrogens is 2. The van der Waals surface area contributed by atoms with Gasteiger partial charge in [0, 0.05) is 21.2 Å². The summed E-state index contributed by atoms with van der Waals surface area (Å²) < 4.78 is 1.01. The Morgan fingerprint density at radius 3 is 2.07 bits per heavy atom. The zero-order valence-corrected chi connectivity index (χ0v) is 15.9. The fourth-order valence-electron chi connectivity index (χ4n) is 2.73. The van der Waals surface area contributed by atoms with Gasteiger partial charge in [-0.3, -0.25) is 9.59 Å². The van der Waals surface area contributed by atoms with Crippen LogP contribution in [0.1, 0.15) is 12.0 Å². The van der Waals surface area contributed by atoms with Crippen LogP contribution in [0.2, 0.25) is 10.0 Å². The van der Waals surface area contributed by atoms with Gasteiger partial charge in [0.05, 0.1) is 13.0 Å². The van der Waals surface area contributed by atoms with Crippen LogP contribution in [0.4, 0.5) is 0 Å². The molecule has 0 saturated carbocycles. The van der Waals surface area contributed by atoms with Gasteiger partial charge in [0.15, 0.2) is 0 Å². The van der Waals surface area contributed by atoms with Crippen LogP contribution < -0.4 is 5.56 Å². The van der Waals surface area contributed by atoms with E-state index in [0.29, 0.717) is 32.4 Å². The number of nitriles is 1. The molecule has 0 radical (unpaired) electrons. The normalized spacial score (nSPS) is 10.5. The topological polar surface area (TPSA) is 96.0 Å². The summed E-state index contributed by atoms with van der Waals surface area (Å²) in [7, 11) is 0. The van der Waals surface area contributed by atoms with Crippen molar-refractivity contribution in [3.63, 3.8) is 0 Å². The molecule has 6 nitrogen and oxygen atoms in total. The first kappa shape index (κ1) is 19.6. The smallest absolute Gasteiger partial charge is 0.305 e. The molecule has 28 heavy (non-hydrogen) atoms. The third-order valence-electron chi connectivity index (χ3n) is 4.06. The van der Waals surface area contributed by atoms with Crippen LogP contribution in [0.15, 0.2) is 53.3 Å². The maximum absolute atomic E-state index is 12.7. The lowest BCUT2D eigenvalue weighted by Gasteiger charge is -2.14. The number of carboxylic acid groups (broad SMARTS) is 1. The molecule has 140 valence electrons. The average molecular weight is 414 g/mol. The second-order valence-electron chi connectivity index (χ2n) is 5.90. The highest BCUT2D eigenvalue weighted by atomic mass is 35.5. The Morgan fingerprint density at radius 2 is 1.57 bits per heavy atom. The highest BCUT2D eigenvalue weighted by Gasteiger charge is 2.20. The molecule has 0 aliphatic heterocycles. The van der Waals surface area contributed by atoms with E-state index in [-0.39, 0.29) is 18.5 Å². The standard InChI is InChI=1S/C20H13Cl2N3O3/c21-14-5-1-12(2-6-14)18-16(11-23)20(28)25(10-9-17(26)27)24-19(18)13-3-7-15(22)8-4-13/h1-8H,9-10H2,(H,26,27). The first-order chi connectivity index (χ1) is 13.4. The molecule has 0 bridgehead atoms. The number of carboxylic acids is 1. The number of benzene rings is 2. The van der Waals surface area contributed by atoms with Gasteiger partial charge >= 0.3 is 5.97 Å². The molecule has 0 fully saturated rings. The van der Waals surface area contributed by atoms with Gasteiger partial charge in [0.25, 0.3) is 5.56 Å². The van der Waals surface area contributed by atoms with Crippen molar-refractivity contribution in [2.75, 3.05) is 0 Å². The quantitative estimate of drug-likeness (QED) is 0.674. The Bertz CT molecular complexity index is 1130. The lowest BCUT2D eigenvalue weighted by atomic mass is 9.96. The van der Waals surface area contributed by atoms with Crippen molar-refractivity contribution in [3.05, 3.63) is 74.5 Å². The molecule has 0 unspecified atom stereocenters. The maximum Gasteiger partial charge on any atom is 0.305 e. The third kappa shape index (κ3) is 4.06. The van der Waals surface area contributed by atoms with Crippen LogP contribution in [0.25, 0.3) is 22.4 Å². The minimum atomic E-state index is -1.07. The van der Waals surface area contributed by atoms with Crippen LogP contribution in [0.3, 0.4) is 0 Å². The fraction of sp³-hybridized carbons (Fsp3) is 0.100. The summed E-state index contributed by atoms with van der Waals surface area (Å²) in [5, 5.41) is 24.0. The number of hydrogen-bond acceptors (Lipinski definition) is 4. The molecular weight excluding hydrogens is 401 g/mol. The summed E-state index contributed by atoms with van der Waals surface area (Å²) in [6, 6.07) is 15.4. The Labute approximate surface area is 170 Å². The molecule has 0 atom stereocenters. The van der Waals surface area contributed by atoms with Crippen LogP contribution in [0, 0.1) is 11.3 Å². The van der Waals surface area contributed by atoms with E-state index in [1.807, 2.05) is 6.07 Å². The van der Waals surface area contributed by atoms with Crippen molar-refractivity contribution in [1.82, 2.24) is 9.78 Å². The van der Waals surface area contributed by atoms with Crippen molar-refractivity contribution >= 4 is 29.2 Å². The molecule has 1 N–H and O–H groups in total. The number of carbonyl (C=O) groups is 1. The van der Waals surface area contributed by atoms with E-state index in [9.17, 15) is 14.9 Å². The Hall–Kier alpha value is -3.14. The number of aliphatic carboxylic acids is 1. The van der Waals surface area contributed by atoms with Crippen molar-refractivity contribution < 1.29 is 9.90 Å². The van der Waals surface area contributed by atoms with Gasteiger partial charge in [0.2, 0.25) is 0 Å². The second-order valence-corrected chi connectivity index (χ2v) is 6.77. The lowest BCUT2D eigenvalue weighted by molar-refractivity contribution is -0.137. The highest BCUT2D eigenvalue weighted by Crippen LogP contribution is 2.33. The van der Waals surface area contributed by atoms with E-state index in [1.165, 1.54) is 0 Å².